The highest BCUT2D eigenvalue weighted by Crippen LogP contribution is 2.27. The molecule has 0 radical (unpaired) electrons. The largest absolute Gasteiger partial charge is 0.489 e. The average molecular weight is 531 g/mol. The maximum absolute atomic E-state index is 12.7. The Labute approximate surface area is 231 Å². The highest BCUT2D eigenvalue weighted by molar-refractivity contribution is 6.04. The predicted molar refractivity (Wildman–Crippen MR) is 154 cm³/mol. The van der Waals surface area contributed by atoms with Gasteiger partial charge >= 0.3 is 5.97 Å². The molecule has 7 heteroatoms. The van der Waals surface area contributed by atoms with Crippen molar-refractivity contribution in [2.45, 2.75) is 6.61 Å². The van der Waals surface area contributed by atoms with Gasteiger partial charge in [-0.1, -0.05) is 78.9 Å². The lowest BCUT2D eigenvalue weighted by molar-refractivity contribution is -0.123. The zero-order valence-electron chi connectivity index (χ0n) is 21.5. The van der Waals surface area contributed by atoms with Crippen LogP contribution in [0.15, 0.2) is 126 Å². The van der Waals surface area contributed by atoms with E-state index in [1.54, 1.807) is 54.6 Å². The molecule has 0 unspecified atom stereocenters. The smallest absolute Gasteiger partial charge is 0.343 e. The number of rotatable bonds is 10. The summed E-state index contributed by atoms with van der Waals surface area (Å²) in [6.45, 7) is 0.234. The van der Waals surface area contributed by atoms with Gasteiger partial charge in [-0.15, -0.1) is 0 Å². The summed E-state index contributed by atoms with van der Waals surface area (Å²) in [4.78, 5) is 25.1. The molecule has 0 bridgehead atoms. The number of benzene rings is 5. The van der Waals surface area contributed by atoms with Crippen molar-refractivity contribution in [2.75, 3.05) is 6.61 Å². The molecular weight excluding hydrogens is 504 g/mol. The van der Waals surface area contributed by atoms with Crippen LogP contribution in [0, 0.1) is 0 Å². The van der Waals surface area contributed by atoms with Crippen molar-refractivity contribution in [3.63, 3.8) is 0 Å². The number of esters is 1. The molecular formula is C33H26N2O5. The van der Waals surface area contributed by atoms with Crippen molar-refractivity contribution in [1.82, 2.24) is 5.43 Å². The Hall–Kier alpha value is -5.43. The van der Waals surface area contributed by atoms with E-state index in [-0.39, 0.29) is 6.61 Å². The summed E-state index contributed by atoms with van der Waals surface area (Å²) in [5, 5.41) is 5.86. The van der Waals surface area contributed by atoms with E-state index in [9.17, 15) is 9.59 Å². The number of hydrogen-bond acceptors (Lipinski definition) is 6. The number of carbonyl (C=O) groups excluding carboxylic acids is 2. The lowest BCUT2D eigenvalue weighted by Crippen LogP contribution is -2.24. The molecule has 5 aromatic rings. The number of hydrazone groups is 1. The van der Waals surface area contributed by atoms with Crippen molar-refractivity contribution < 1.29 is 23.8 Å². The van der Waals surface area contributed by atoms with Gasteiger partial charge in [-0.3, -0.25) is 4.79 Å². The Morgan fingerprint density at radius 2 is 1.35 bits per heavy atom. The Kier molecular flexibility index (Phi) is 8.44. The normalized spacial score (nSPS) is 10.8. The van der Waals surface area contributed by atoms with E-state index in [0.717, 1.165) is 16.3 Å². The molecule has 198 valence electrons. The molecule has 7 nitrogen and oxygen atoms in total. The van der Waals surface area contributed by atoms with Gasteiger partial charge < -0.3 is 14.2 Å². The minimum Gasteiger partial charge on any atom is -0.489 e. The molecule has 0 aliphatic carbocycles. The summed E-state index contributed by atoms with van der Waals surface area (Å²) in [6, 6.07) is 36.9. The molecule has 40 heavy (non-hydrogen) atoms. The van der Waals surface area contributed by atoms with Crippen LogP contribution in [0.3, 0.4) is 0 Å². The van der Waals surface area contributed by atoms with Gasteiger partial charge in [-0.25, -0.2) is 10.2 Å². The molecule has 1 amide bonds. The van der Waals surface area contributed by atoms with Crippen molar-refractivity contribution >= 4 is 28.9 Å². The zero-order valence-corrected chi connectivity index (χ0v) is 21.5. The molecule has 0 atom stereocenters. The summed E-state index contributed by atoms with van der Waals surface area (Å²) >= 11 is 0. The molecule has 1 N–H and O–H groups in total. The Bertz CT molecular complexity index is 1620. The van der Waals surface area contributed by atoms with Gasteiger partial charge in [0.1, 0.15) is 23.9 Å². The first-order valence-corrected chi connectivity index (χ1v) is 12.7. The molecule has 0 saturated carbocycles. The van der Waals surface area contributed by atoms with Crippen LogP contribution in [0.1, 0.15) is 21.5 Å². The van der Waals surface area contributed by atoms with Gasteiger partial charge in [0, 0.05) is 5.56 Å². The standard InChI is InChI=1S/C33H26N2O5/c36-32(23-39-28-18-16-27(17-19-28)38-22-24-9-3-1-4-10-24)35-34-21-30-29-14-8-7-11-25(29)15-20-31(30)40-33(37)26-12-5-2-6-13-26/h1-21H,22-23H2,(H,35,36)/b34-21-. The van der Waals surface area contributed by atoms with Crippen LogP contribution in [0.5, 0.6) is 17.2 Å². The number of amides is 1. The van der Waals surface area contributed by atoms with Gasteiger partial charge in [-0.05, 0) is 58.8 Å². The van der Waals surface area contributed by atoms with E-state index in [0.29, 0.717) is 35.0 Å². The lowest BCUT2D eigenvalue weighted by Gasteiger charge is -2.11. The average Bonchev–Trinajstić information content (AvgIpc) is 3.01. The van der Waals surface area contributed by atoms with Gasteiger partial charge in [0.2, 0.25) is 0 Å². The quantitative estimate of drug-likeness (QED) is 0.101. The van der Waals surface area contributed by atoms with Gasteiger partial charge in [0.25, 0.3) is 5.91 Å². The van der Waals surface area contributed by atoms with E-state index in [2.05, 4.69) is 10.5 Å². The summed E-state index contributed by atoms with van der Waals surface area (Å²) < 4.78 is 17.0. The number of nitrogens with one attached hydrogen (secondary N) is 1. The summed E-state index contributed by atoms with van der Waals surface area (Å²) in [6.07, 6.45) is 1.46. The fourth-order valence-corrected chi connectivity index (χ4v) is 3.95. The fourth-order valence-electron chi connectivity index (χ4n) is 3.95. The van der Waals surface area contributed by atoms with Crippen LogP contribution in [0.25, 0.3) is 10.8 Å². The predicted octanol–water partition coefficient (Wildman–Crippen LogP) is 6.17. The Morgan fingerprint density at radius 3 is 2.10 bits per heavy atom. The number of carbonyl (C=O) groups is 2. The summed E-state index contributed by atoms with van der Waals surface area (Å²) in [7, 11) is 0. The number of hydrogen-bond donors (Lipinski definition) is 1. The van der Waals surface area contributed by atoms with Crippen LogP contribution in [-0.2, 0) is 11.4 Å². The monoisotopic (exact) mass is 530 g/mol. The van der Waals surface area contributed by atoms with E-state index in [1.807, 2.05) is 66.7 Å². The Morgan fingerprint density at radius 1 is 0.700 bits per heavy atom. The topological polar surface area (TPSA) is 86.2 Å². The molecule has 0 fully saturated rings. The van der Waals surface area contributed by atoms with Crippen LogP contribution in [0.2, 0.25) is 0 Å². The molecule has 0 spiro atoms. The number of fused-ring (bicyclic) bond motifs is 1. The molecule has 0 saturated heterocycles. The van der Waals surface area contributed by atoms with E-state index < -0.39 is 11.9 Å². The van der Waals surface area contributed by atoms with Crippen LogP contribution in [0.4, 0.5) is 0 Å². The second-order valence-corrected chi connectivity index (χ2v) is 8.78. The van der Waals surface area contributed by atoms with Crippen LogP contribution < -0.4 is 19.6 Å². The Balaban J connectivity index is 1.19. The van der Waals surface area contributed by atoms with Crippen molar-refractivity contribution in [2.24, 2.45) is 5.10 Å². The van der Waals surface area contributed by atoms with E-state index in [1.165, 1.54) is 6.21 Å². The molecule has 5 rings (SSSR count). The van der Waals surface area contributed by atoms with E-state index >= 15 is 0 Å². The van der Waals surface area contributed by atoms with Gasteiger partial charge in [-0.2, -0.15) is 5.10 Å². The first-order valence-electron chi connectivity index (χ1n) is 12.7. The number of nitrogens with zero attached hydrogens (tertiary/aromatic N) is 1. The van der Waals surface area contributed by atoms with Gasteiger partial charge in [0.05, 0.1) is 11.8 Å². The minimum absolute atomic E-state index is 0.229. The molecule has 0 aliphatic rings. The van der Waals surface area contributed by atoms with Crippen LogP contribution in [-0.4, -0.2) is 24.7 Å². The van der Waals surface area contributed by atoms with E-state index in [4.69, 9.17) is 14.2 Å². The summed E-state index contributed by atoms with van der Waals surface area (Å²) in [5.41, 5.74) is 4.54. The van der Waals surface area contributed by atoms with Crippen molar-refractivity contribution in [3.05, 3.63) is 138 Å². The SMILES string of the molecule is O=C(COc1ccc(OCc2ccccc2)cc1)N/N=C\c1c(OC(=O)c2ccccc2)ccc2ccccc12. The lowest BCUT2D eigenvalue weighted by atomic mass is 10.0. The van der Waals surface area contributed by atoms with Crippen molar-refractivity contribution in [3.8, 4) is 17.2 Å². The number of ether oxygens (including phenoxy) is 3. The maximum Gasteiger partial charge on any atom is 0.343 e. The van der Waals surface area contributed by atoms with Crippen molar-refractivity contribution in [1.29, 1.82) is 0 Å². The second-order valence-electron chi connectivity index (χ2n) is 8.78. The molecule has 0 aliphatic heterocycles. The highest BCUT2D eigenvalue weighted by atomic mass is 16.5. The van der Waals surface area contributed by atoms with Gasteiger partial charge in [0.15, 0.2) is 6.61 Å². The minimum atomic E-state index is -0.487. The molecule has 0 aromatic heterocycles. The maximum atomic E-state index is 12.7. The van der Waals surface area contributed by atoms with Crippen LogP contribution >= 0.6 is 0 Å². The second kappa shape index (κ2) is 12.9. The fraction of sp³-hybridized carbons (Fsp3) is 0.0606. The zero-order chi connectivity index (χ0) is 27.6. The molecule has 0 heterocycles. The third-order valence-electron chi connectivity index (χ3n) is 5.97. The first kappa shape index (κ1) is 26.2. The highest BCUT2D eigenvalue weighted by Gasteiger charge is 2.13. The third kappa shape index (κ3) is 6.90. The summed E-state index contributed by atoms with van der Waals surface area (Å²) in [5.74, 6) is 0.624. The molecule has 5 aromatic carbocycles. The third-order valence-corrected chi connectivity index (χ3v) is 5.97. The first-order chi connectivity index (χ1) is 19.7.